The van der Waals surface area contributed by atoms with Crippen LogP contribution < -0.4 is 10.7 Å². The van der Waals surface area contributed by atoms with Gasteiger partial charge in [-0.15, -0.1) is 12.4 Å². The Bertz CT molecular complexity index is 817. The van der Waals surface area contributed by atoms with Crippen molar-refractivity contribution >= 4 is 18.3 Å². The maximum absolute atomic E-state index is 14.1. The smallest absolute Gasteiger partial charge is 0.278 e. The Morgan fingerprint density at radius 1 is 1.24 bits per heavy atom. The Morgan fingerprint density at radius 3 is 2.76 bits per heavy atom. The fourth-order valence-electron chi connectivity index (χ4n) is 2.76. The van der Waals surface area contributed by atoms with Crippen molar-refractivity contribution in [1.82, 2.24) is 20.0 Å². The molecular weight excluding hydrogens is 347 g/mol. The average molecular weight is 367 g/mol. The molecule has 1 fully saturated rings. The van der Waals surface area contributed by atoms with Gasteiger partial charge in [0.2, 0.25) is 5.43 Å². The highest BCUT2D eigenvalue weighted by Gasteiger charge is 2.22. The number of para-hydroxylation sites is 1. The average Bonchev–Trinajstić information content (AvgIpc) is 2.85. The molecule has 134 valence electrons. The fraction of sp³-hybridized carbons (Fsp3) is 0.353. The molecule has 0 unspecified atom stereocenters. The Kier molecular flexibility index (Phi) is 6.27. The van der Waals surface area contributed by atoms with Gasteiger partial charge in [-0.05, 0) is 32.0 Å². The predicted octanol–water partition coefficient (Wildman–Crippen LogP) is 1.54. The minimum Gasteiger partial charge on any atom is -0.336 e. The number of amides is 1. The van der Waals surface area contributed by atoms with Gasteiger partial charge in [0, 0.05) is 31.4 Å². The number of carbonyl (C=O) groups excluding carboxylic acids is 1. The first-order valence-corrected chi connectivity index (χ1v) is 7.94. The Labute approximate surface area is 151 Å². The predicted molar refractivity (Wildman–Crippen MR) is 95.2 cm³/mol. The van der Waals surface area contributed by atoms with Gasteiger partial charge in [-0.25, -0.2) is 9.07 Å². The third-order valence-corrected chi connectivity index (χ3v) is 4.02. The van der Waals surface area contributed by atoms with Crippen molar-refractivity contribution in [1.29, 1.82) is 0 Å². The molecule has 1 aliphatic rings. The first-order valence-electron chi connectivity index (χ1n) is 7.94. The Balaban J connectivity index is 0.00000225. The van der Waals surface area contributed by atoms with E-state index in [-0.39, 0.29) is 23.8 Å². The number of hydrogen-bond donors (Lipinski definition) is 1. The number of nitrogens with one attached hydrogen (secondary N) is 1. The molecule has 1 aromatic heterocycles. The number of benzene rings is 1. The van der Waals surface area contributed by atoms with E-state index in [2.05, 4.69) is 10.4 Å². The Hall–Kier alpha value is -2.25. The van der Waals surface area contributed by atoms with E-state index in [0.29, 0.717) is 25.3 Å². The fourth-order valence-corrected chi connectivity index (χ4v) is 2.76. The maximum Gasteiger partial charge on any atom is 0.278 e. The van der Waals surface area contributed by atoms with Gasteiger partial charge < -0.3 is 10.2 Å². The summed E-state index contributed by atoms with van der Waals surface area (Å²) in [6, 6.07) is 7.45. The van der Waals surface area contributed by atoms with Crippen molar-refractivity contribution in [2.75, 3.05) is 26.2 Å². The highest BCUT2D eigenvalue weighted by Crippen LogP contribution is 2.13. The van der Waals surface area contributed by atoms with Gasteiger partial charge in [-0.3, -0.25) is 9.59 Å². The second-order valence-electron chi connectivity index (χ2n) is 5.76. The number of hydrogen-bond acceptors (Lipinski definition) is 4. The van der Waals surface area contributed by atoms with E-state index >= 15 is 0 Å². The van der Waals surface area contributed by atoms with Crippen LogP contribution in [0.4, 0.5) is 4.39 Å². The van der Waals surface area contributed by atoms with Gasteiger partial charge in [0.1, 0.15) is 11.5 Å². The molecule has 2 aromatic rings. The molecule has 0 spiro atoms. The number of nitrogens with zero attached hydrogens (tertiary/aromatic N) is 3. The quantitative estimate of drug-likeness (QED) is 0.875. The molecule has 0 saturated carbocycles. The number of halogens is 2. The zero-order valence-corrected chi connectivity index (χ0v) is 14.7. The van der Waals surface area contributed by atoms with Gasteiger partial charge in [0.25, 0.3) is 5.91 Å². The molecule has 25 heavy (non-hydrogen) atoms. The van der Waals surface area contributed by atoms with Crippen LogP contribution in [-0.4, -0.2) is 46.8 Å². The topological polar surface area (TPSA) is 67.2 Å². The van der Waals surface area contributed by atoms with Crippen LogP contribution in [0.5, 0.6) is 0 Å². The van der Waals surface area contributed by atoms with Crippen molar-refractivity contribution in [2.24, 2.45) is 0 Å². The van der Waals surface area contributed by atoms with Crippen LogP contribution in [0.3, 0.4) is 0 Å². The second kappa shape index (κ2) is 8.22. The summed E-state index contributed by atoms with van der Waals surface area (Å²) in [5.41, 5.74) is 0.0637. The molecule has 8 heteroatoms. The summed E-state index contributed by atoms with van der Waals surface area (Å²) >= 11 is 0. The molecule has 3 rings (SSSR count). The maximum atomic E-state index is 14.1. The van der Waals surface area contributed by atoms with Crippen molar-refractivity contribution in [3.63, 3.8) is 0 Å². The van der Waals surface area contributed by atoms with Gasteiger partial charge in [-0.1, -0.05) is 12.1 Å². The minimum absolute atomic E-state index is 0. The highest BCUT2D eigenvalue weighted by atomic mass is 35.5. The van der Waals surface area contributed by atoms with Crippen molar-refractivity contribution in [2.45, 2.75) is 13.3 Å². The third-order valence-electron chi connectivity index (χ3n) is 4.02. The van der Waals surface area contributed by atoms with Crippen molar-refractivity contribution in [3.8, 4) is 5.69 Å². The summed E-state index contributed by atoms with van der Waals surface area (Å²) in [5.74, 6) is -0.872. The monoisotopic (exact) mass is 366 g/mol. The largest absolute Gasteiger partial charge is 0.336 e. The minimum atomic E-state index is -0.464. The highest BCUT2D eigenvalue weighted by molar-refractivity contribution is 5.92. The van der Waals surface area contributed by atoms with E-state index in [1.54, 1.807) is 30.0 Å². The molecule has 1 saturated heterocycles. The SMILES string of the molecule is Cc1cc(=O)c(C(=O)N2CCCNCC2)nn1-c1ccccc1F.Cl. The zero-order valence-electron chi connectivity index (χ0n) is 13.9. The van der Waals surface area contributed by atoms with E-state index in [9.17, 15) is 14.0 Å². The molecule has 1 amide bonds. The molecule has 1 aromatic carbocycles. The normalized spacial score (nSPS) is 14.6. The molecule has 1 N–H and O–H groups in total. The van der Waals surface area contributed by atoms with Crippen molar-refractivity contribution in [3.05, 3.63) is 57.8 Å². The summed E-state index contributed by atoms with van der Waals surface area (Å²) in [6.07, 6.45) is 0.819. The summed E-state index contributed by atoms with van der Waals surface area (Å²) in [4.78, 5) is 26.5. The van der Waals surface area contributed by atoms with E-state index in [4.69, 9.17) is 0 Å². The molecular formula is C17H20ClFN4O2. The molecule has 6 nitrogen and oxygen atoms in total. The lowest BCUT2D eigenvalue weighted by Gasteiger charge is -2.20. The first-order chi connectivity index (χ1) is 11.6. The van der Waals surface area contributed by atoms with Crippen LogP contribution >= 0.6 is 12.4 Å². The van der Waals surface area contributed by atoms with E-state index in [1.807, 2.05) is 0 Å². The van der Waals surface area contributed by atoms with Gasteiger partial charge in [0.15, 0.2) is 5.69 Å². The van der Waals surface area contributed by atoms with E-state index in [1.165, 1.54) is 16.8 Å². The molecule has 0 radical (unpaired) electrons. The van der Waals surface area contributed by atoms with Crippen LogP contribution in [0.2, 0.25) is 0 Å². The summed E-state index contributed by atoms with van der Waals surface area (Å²) in [7, 11) is 0. The number of carbonyl (C=O) groups is 1. The number of rotatable bonds is 2. The number of aromatic nitrogens is 2. The van der Waals surface area contributed by atoms with Gasteiger partial charge >= 0.3 is 0 Å². The first kappa shape index (κ1) is 19.1. The molecule has 1 aliphatic heterocycles. The van der Waals surface area contributed by atoms with Crippen LogP contribution in [0, 0.1) is 12.7 Å². The van der Waals surface area contributed by atoms with Crippen LogP contribution in [0.1, 0.15) is 22.6 Å². The standard InChI is InChI=1S/C17H19FN4O2.ClH/c1-12-11-15(23)16(17(24)21-9-4-7-19-8-10-21)20-22(12)14-6-3-2-5-13(14)18;/h2-3,5-6,11,19H,4,7-10H2,1H3;1H. The molecule has 0 atom stereocenters. The van der Waals surface area contributed by atoms with Crippen molar-refractivity contribution < 1.29 is 9.18 Å². The molecule has 0 bridgehead atoms. The second-order valence-corrected chi connectivity index (χ2v) is 5.76. The molecule has 2 heterocycles. The van der Waals surface area contributed by atoms with E-state index < -0.39 is 17.2 Å². The summed E-state index contributed by atoms with van der Waals surface area (Å²) < 4.78 is 15.4. The molecule has 0 aliphatic carbocycles. The zero-order chi connectivity index (χ0) is 17.1. The van der Waals surface area contributed by atoms with Crippen LogP contribution in [-0.2, 0) is 0 Å². The lowest BCUT2D eigenvalue weighted by atomic mass is 10.2. The van der Waals surface area contributed by atoms with Crippen LogP contribution in [0.15, 0.2) is 35.1 Å². The summed E-state index contributed by atoms with van der Waals surface area (Å²) in [5, 5.41) is 7.37. The summed E-state index contributed by atoms with van der Waals surface area (Å²) in [6.45, 7) is 4.27. The lowest BCUT2D eigenvalue weighted by Crippen LogP contribution is -2.38. The lowest BCUT2D eigenvalue weighted by molar-refractivity contribution is 0.0757. The van der Waals surface area contributed by atoms with E-state index in [0.717, 1.165) is 13.0 Å². The van der Waals surface area contributed by atoms with Crippen LogP contribution in [0.25, 0.3) is 5.69 Å². The Morgan fingerprint density at radius 2 is 2.00 bits per heavy atom. The van der Waals surface area contributed by atoms with Gasteiger partial charge in [0.05, 0.1) is 0 Å². The van der Waals surface area contributed by atoms with Gasteiger partial charge in [-0.2, -0.15) is 5.10 Å². The third kappa shape index (κ3) is 4.05. The number of aryl methyl sites for hydroxylation is 1.